The first kappa shape index (κ1) is 16.8. The Morgan fingerprint density at radius 3 is 2.79 bits per heavy atom. The Kier molecular flexibility index (Phi) is 5.38. The zero-order valence-corrected chi connectivity index (χ0v) is 14.3. The van der Waals surface area contributed by atoms with E-state index in [0.29, 0.717) is 18.0 Å². The fraction of sp³-hybridized carbons (Fsp3) is 0.316. The van der Waals surface area contributed by atoms with Crippen LogP contribution in [0.3, 0.4) is 0 Å². The molecule has 4 nitrogen and oxygen atoms in total. The first-order valence-electron chi connectivity index (χ1n) is 7.96. The number of hydrogen-bond donors (Lipinski definition) is 1. The predicted octanol–water partition coefficient (Wildman–Crippen LogP) is 3.21. The number of ether oxygens (including phenoxy) is 2. The van der Waals surface area contributed by atoms with Crippen molar-refractivity contribution < 1.29 is 14.3 Å². The van der Waals surface area contributed by atoms with Crippen molar-refractivity contribution in [3.05, 3.63) is 64.7 Å². The van der Waals surface area contributed by atoms with Gasteiger partial charge in [-0.2, -0.15) is 0 Å². The number of carbonyl (C=O) groups is 1. The second-order valence-electron chi connectivity index (χ2n) is 5.87. The molecule has 0 aliphatic carbocycles. The highest BCUT2D eigenvalue weighted by atomic mass is 35.5. The van der Waals surface area contributed by atoms with E-state index in [-0.39, 0.29) is 18.1 Å². The molecule has 1 heterocycles. The number of esters is 1. The van der Waals surface area contributed by atoms with E-state index in [9.17, 15) is 4.79 Å². The van der Waals surface area contributed by atoms with Crippen molar-refractivity contribution in [2.24, 2.45) is 0 Å². The van der Waals surface area contributed by atoms with Crippen LogP contribution in [0, 0.1) is 0 Å². The molecule has 0 saturated carbocycles. The fourth-order valence-corrected chi connectivity index (χ4v) is 3.11. The Morgan fingerprint density at radius 1 is 1.25 bits per heavy atom. The molecule has 1 aliphatic rings. The minimum atomic E-state index is -0.301. The average Bonchev–Trinajstić information content (AvgIpc) is 3.06. The largest absolute Gasteiger partial charge is 0.489 e. The molecule has 24 heavy (non-hydrogen) atoms. The monoisotopic (exact) mass is 345 g/mol. The normalized spacial score (nSPS) is 19.9. The zero-order valence-electron chi connectivity index (χ0n) is 13.5. The van der Waals surface area contributed by atoms with E-state index < -0.39 is 0 Å². The molecule has 0 radical (unpaired) electrons. The third-order valence-electron chi connectivity index (χ3n) is 4.13. The van der Waals surface area contributed by atoms with Crippen LogP contribution in [0.25, 0.3) is 0 Å². The summed E-state index contributed by atoms with van der Waals surface area (Å²) in [5.74, 6) is 0.558. The first-order valence-corrected chi connectivity index (χ1v) is 8.33. The summed E-state index contributed by atoms with van der Waals surface area (Å²) in [7, 11) is 1.40. The molecular weight excluding hydrogens is 326 g/mol. The van der Waals surface area contributed by atoms with Crippen LogP contribution in [-0.2, 0) is 16.0 Å². The standard InChI is InChI=1S/C19H20ClNO3/c1-23-19(22)17-11-16(12-21-17)24-18-8-7-15(20)10-14(18)9-13-5-3-2-4-6-13/h2-8,10,16-17,21H,9,11-12H2,1H3/t16-,17+/m1/s1. The van der Waals surface area contributed by atoms with Crippen molar-refractivity contribution in [1.29, 1.82) is 0 Å². The van der Waals surface area contributed by atoms with Gasteiger partial charge in [-0.15, -0.1) is 0 Å². The molecule has 1 aliphatic heterocycles. The van der Waals surface area contributed by atoms with Gasteiger partial charge in [-0.25, -0.2) is 0 Å². The maximum Gasteiger partial charge on any atom is 0.323 e. The smallest absolute Gasteiger partial charge is 0.323 e. The van der Waals surface area contributed by atoms with E-state index in [2.05, 4.69) is 17.4 Å². The van der Waals surface area contributed by atoms with E-state index in [1.165, 1.54) is 12.7 Å². The molecule has 1 fully saturated rings. The van der Waals surface area contributed by atoms with Gasteiger partial charge >= 0.3 is 5.97 Å². The van der Waals surface area contributed by atoms with E-state index >= 15 is 0 Å². The first-order chi connectivity index (χ1) is 11.7. The van der Waals surface area contributed by atoms with Gasteiger partial charge in [-0.3, -0.25) is 4.79 Å². The number of nitrogens with one attached hydrogen (secondary N) is 1. The van der Waals surface area contributed by atoms with Gasteiger partial charge in [0.2, 0.25) is 0 Å². The number of carbonyl (C=O) groups excluding carboxylic acids is 1. The zero-order chi connectivity index (χ0) is 16.9. The molecule has 0 unspecified atom stereocenters. The summed E-state index contributed by atoms with van der Waals surface area (Å²) < 4.78 is 10.9. The maximum atomic E-state index is 11.6. The van der Waals surface area contributed by atoms with Crippen molar-refractivity contribution in [2.45, 2.75) is 25.0 Å². The van der Waals surface area contributed by atoms with Crippen LogP contribution in [0.4, 0.5) is 0 Å². The van der Waals surface area contributed by atoms with E-state index in [1.807, 2.05) is 36.4 Å². The Balaban J connectivity index is 1.73. The Hall–Kier alpha value is -2.04. The van der Waals surface area contributed by atoms with Gasteiger partial charge in [-0.05, 0) is 29.3 Å². The molecule has 1 saturated heterocycles. The second kappa shape index (κ2) is 7.69. The van der Waals surface area contributed by atoms with Crippen molar-refractivity contribution in [3.8, 4) is 5.75 Å². The number of rotatable bonds is 5. The molecule has 126 valence electrons. The minimum Gasteiger partial charge on any atom is -0.489 e. The number of hydrogen-bond acceptors (Lipinski definition) is 4. The predicted molar refractivity (Wildman–Crippen MR) is 93.5 cm³/mol. The topological polar surface area (TPSA) is 47.6 Å². The fourth-order valence-electron chi connectivity index (χ4n) is 2.91. The van der Waals surface area contributed by atoms with Crippen LogP contribution in [0.5, 0.6) is 5.75 Å². The van der Waals surface area contributed by atoms with Gasteiger partial charge in [0.25, 0.3) is 0 Å². The highest BCUT2D eigenvalue weighted by molar-refractivity contribution is 6.30. The summed E-state index contributed by atoms with van der Waals surface area (Å²) >= 11 is 6.15. The van der Waals surface area contributed by atoms with Crippen molar-refractivity contribution in [3.63, 3.8) is 0 Å². The molecule has 5 heteroatoms. The third kappa shape index (κ3) is 4.08. The van der Waals surface area contributed by atoms with Gasteiger partial charge in [0.1, 0.15) is 17.9 Å². The van der Waals surface area contributed by atoms with Gasteiger partial charge in [0.05, 0.1) is 7.11 Å². The highest BCUT2D eigenvalue weighted by Crippen LogP contribution is 2.28. The Bertz CT molecular complexity index is 705. The van der Waals surface area contributed by atoms with Crippen LogP contribution in [0.2, 0.25) is 5.02 Å². The van der Waals surface area contributed by atoms with E-state index in [1.54, 1.807) is 0 Å². The summed E-state index contributed by atoms with van der Waals surface area (Å²) in [6.07, 6.45) is 1.28. The summed E-state index contributed by atoms with van der Waals surface area (Å²) in [6.45, 7) is 0.618. The molecule has 0 bridgehead atoms. The Morgan fingerprint density at radius 2 is 2.04 bits per heavy atom. The molecule has 2 aromatic rings. The molecule has 1 N–H and O–H groups in total. The lowest BCUT2D eigenvalue weighted by molar-refractivity contribution is -0.142. The average molecular weight is 346 g/mol. The summed E-state index contributed by atoms with van der Waals surface area (Å²) in [6, 6.07) is 15.5. The van der Waals surface area contributed by atoms with Gasteiger partial charge in [-0.1, -0.05) is 41.9 Å². The highest BCUT2D eigenvalue weighted by Gasteiger charge is 2.31. The molecular formula is C19H20ClNO3. The third-order valence-corrected chi connectivity index (χ3v) is 4.36. The van der Waals surface area contributed by atoms with Crippen LogP contribution in [-0.4, -0.2) is 31.8 Å². The molecule has 0 spiro atoms. The minimum absolute atomic E-state index is 0.0650. The summed E-state index contributed by atoms with van der Waals surface area (Å²) in [5, 5.41) is 3.82. The van der Waals surface area contributed by atoms with E-state index in [0.717, 1.165) is 17.7 Å². The van der Waals surface area contributed by atoms with Crippen LogP contribution in [0.15, 0.2) is 48.5 Å². The molecule has 0 aromatic heterocycles. The van der Waals surface area contributed by atoms with Crippen LogP contribution >= 0.6 is 11.6 Å². The SMILES string of the molecule is COC(=O)[C@@H]1C[C@@H](Oc2ccc(Cl)cc2Cc2ccccc2)CN1. The number of halogens is 1. The van der Waals surface area contributed by atoms with Gasteiger partial charge in [0.15, 0.2) is 0 Å². The van der Waals surface area contributed by atoms with Crippen molar-refractivity contribution in [2.75, 3.05) is 13.7 Å². The molecule has 2 atom stereocenters. The van der Waals surface area contributed by atoms with Crippen molar-refractivity contribution >= 4 is 17.6 Å². The molecule has 0 amide bonds. The van der Waals surface area contributed by atoms with Gasteiger partial charge < -0.3 is 14.8 Å². The lowest BCUT2D eigenvalue weighted by Crippen LogP contribution is -2.31. The Labute approximate surface area is 146 Å². The van der Waals surface area contributed by atoms with E-state index in [4.69, 9.17) is 21.1 Å². The van der Waals surface area contributed by atoms with Crippen LogP contribution in [0.1, 0.15) is 17.5 Å². The summed E-state index contributed by atoms with van der Waals surface area (Å²) in [5.41, 5.74) is 2.23. The number of methoxy groups -OCH3 is 1. The molecule has 2 aromatic carbocycles. The number of benzene rings is 2. The van der Waals surface area contributed by atoms with Crippen LogP contribution < -0.4 is 10.1 Å². The molecule has 3 rings (SSSR count). The second-order valence-corrected chi connectivity index (χ2v) is 6.31. The lowest BCUT2D eigenvalue weighted by atomic mass is 10.0. The lowest BCUT2D eigenvalue weighted by Gasteiger charge is -2.17. The summed E-state index contributed by atoms with van der Waals surface area (Å²) in [4.78, 5) is 11.6. The van der Waals surface area contributed by atoms with Gasteiger partial charge in [0, 0.05) is 24.4 Å². The quantitative estimate of drug-likeness (QED) is 0.845. The van der Waals surface area contributed by atoms with Crippen molar-refractivity contribution in [1.82, 2.24) is 5.32 Å². The maximum absolute atomic E-state index is 11.6.